The number of rotatable bonds is 4. The van der Waals surface area contributed by atoms with Crippen LogP contribution in [0, 0.1) is 19.3 Å². The quantitative estimate of drug-likeness (QED) is 0.655. The molecule has 0 amide bonds. The van der Waals surface area contributed by atoms with Gasteiger partial charge in [-0.15, -0.1) is 12.3 Å². The Kier molecular flexibility index (Phi) is 4.79. The smallest absolute Gasteiger partial charge is 0.241 e. The lowest BCUT2D eigenvalue weighted by Crippen LogP contribution is -2.32. The molecule has 0 radical (unpaired) electrons. The molecule has 98 valence electrons. The van der Waals surface area contributed by atoms with Gasteiger partial charge in [-0.2, -0.15) is 0 Å². The average molecular weight is 331 g/mol. The van der Waals surface area contributed by atoms with Crippen molar-refractivity contribution < 1.29 is 8.42 Å². The molecule has 1 aromatic carbocycles. The maximum atomic E-state index is 12.2. The second kappa shape index (κ2) is 5.74. The Morgan fingerprint density at radius 1 is 1.56 bits per heavy atom. The van der Waals surface area contributed by atoms with Gasteiger partial charge in [-0.25, -0.2) is 13.1 Å². The van der Waals surface area contributed by atoms with Crippen LogP contribution in [0.1, 0.15) is 18.9 Å². The van der Waals surface area contributed by atoms with E-state index in [0.717, 1.165) is 0 Å². The molecule has 1 rings (SSSR count). The molecule has 3 N–H and O–H groups in total. The Hall–Kier alpha value is -1.03. The van der Waals surface area contributed by atoms with E-state index >= 15 is 0 Å². The van der Waals surface area contributed by atoms with Crippen molar-refractivity contribution in [2.75, 3.05) is 5.73 Å². The number of nitrogens with one attached hydrogen (secondary N) is 1. The van der Waals surface area contributed by atoms with Crippen LogP contribution in [0.15, 0.2) is 21.5 Å². The summed E-state index contributed by atoms with van der Waals surface area (Å²) in [6, 6.07) is 2.87. The number of benzene rings is 1. The standard InChI is InChI=1S/C12H15BrN2O2S/c1-4-5-8(2)15-18(16,17)12-7-10(13)6-11(14)9(12)3/h1,6-8,15H,5,14H2,2-3H3. The third-order valence-electron chi connectivity index (χ3n) is 2.43. The molecule has 0 heterocycles. The van der Waals surface area contributed by atoms with Gasteiger partial charge in [0.1, 0.15) is 0 Å². The summed E-state index contributed by atoms with van der Waals surface area (Å²) in [4.78, 5) is 0.165. The van der Waals surface area contributed by atoms with Gasteiger partial charge in [0.2, 0.25) is 10.0 Å². The summed E-state index contributed by atoms with van der Waals surface area (Å²) in [6.45, 7) is 3.39. The van der Waals surface area contributed by atoms with Crippen LogP contribution in [-0.2, 0) is 10.0 Å². The molecule has 6 heteroatoms. The van der Waals surface area contributed by atoms with Crippen molar-refractivity contribution in [2.24, 2.45) is 0 Å². The number of halogens is 1. The largest absolute Gasteiger partial charge is 0.398 e. The first-order chi connectivity index (χ1) is 8.27. The summed E-state index contributed by atoms with van der Waals surface area (Å²) in [6.07, 6.45) is 5.49. The Bertz CT molecular complexity index is 591. The minimum atomic E-state index is -3.61. The van der Waals surface area contributed by atoms with Crippen LogP contribution in [0.2, 0.25) is 0 Å². The zero-order valence-corrected chi connectivity index (χ0v) is 12.6. The highest BCUT2D eigenvalue weighted by molar-refractivity contribution is 9.10. The molecule has 0 fully saturated rings. The van der Waals surface area contributed by atoms with E-state index < -0.39 is 10.0 Å². The first-order valence-electron chi connectivity index (χ1n) is 5.29. The molecule has 0 aliphatic carbocycles. The number of anilines is 1. The van der Waals surface area contributed by atoms with Gasteiger partial charge in [-0.05, 0) is 31.5 Å². The van der Waals surface area contributed by atoms with Crippen molar-refractivity contribution in [2.45, 2.75) is 31.2 Å². The van der Waals surface area contributed by atoms with Gasteiger partial charge in [0.05, 0.1) is 4.90 Å². The second-order valence-corrected chi connectivity index (χ2v) is 6.65. The van der Waals surface area contributed by atoms with Crippen molar-refractivity contribution in [1.82, 2.24) is 4.72 Å². The number of hydrogen-bond acceptors (Lipinski definition) is 3. The number of nitrogens with two attached hydrogens (primary N) is 1. The minimum absolute atomic E-state index is 0.165. The number of nitrogen functional groups attached to an aromatic ring is 1. The summed E-state index contributed by atoms with van der Waals surface area (Å²) < 4.78 is 27.5. The molecule has 0 saturated heterocycles. The van der Waals surface area contributed by atoms with E-state index in [4.69, 9.17) is 12.2 Å². The van der Waals surface area contributed by atoms with Crippen molar-refractivity contribution in [3.05, 3.63) is 22.2 Å². The molecule has 0 aliphatic rings. The van der Waals surface area contributed by atoms with Crippen LogP contribution in [0.5, 0.6) is 0 Å². The zero-order valence-electron chi connectivity index (χ0n) is 10.2. The Balaban J connectivity index is 3.18. The van der Waals surface area contributed by atoms with Crippen LogP contribution >= 0.6 is 15.9 Å². The molecular weight excluding hydrogens is 316 g/mol. The van der Waals surface area contributed by atoms with Gasteiger partial charge in [0, 0.05) is 22.6 Å². The minimum Gasteiger partial charge on any atom is -0.398 e. The van der Waals surface area contributed by atoms with Crippen molar-refractivity contribution in [3.63, 3.8) is 0 Å². The second-order valence-electron chi connectivity index (χ2n) is 4.05. The average Bonchev–Trinajstić information content (AvgIpc) is 2.22. The summed E-state index contributed by atoms with van der Waals surface area (Å²) in [5.41, 5.74) is 6.70. The van der Waals surface area contributed by atoms with E-state index in [1.165, 1.54) is 6.07 Å². The maximum absolute atomic E-state index is 12.2. The van der Waals surface area contributed by atoms with E-state index in [2.05, 4.69) is 26.6 Å². The fourth-order valence-electron chi connectivity index (χ4n) is 1.50. The number of hydrogen-bond donors (Lipinski definition) is 2. The molecule has 1 aromatic rings. The molecule has 4 nitrogen and oxygen atoms in total. The van der Waals surface area contributed by atoms with Gasteiger partial charge in [-0.3, -0.25) is 0 Å². The molecule has 0 aliphatic heterocycles. The van der Waals surface area contributed by atoms with Crippen molar-refractivity contribution in [1.29, 1.82) is 0 Å². The van der Waals surface area contributed by atoms with E-state index in [-0.39, 0.29) is 10.9 Å². The fraction of sp³-hybridized carbons (Fsp3) is 0.333. The number of sulfonamides is 1. The summed E-state index contributed by atoms with van der Waals surface area (Å²) in [5.74, 6) is 2.42. The summed E-state index contributed by atoms with van der Waals surface area (Å²) in [7, 11) is -3.61. The van der Waals surface area contributed by atoms with E-state index in [1.807, 2.05) is 0 Å². The molecule has 0 spiro atoms. The van der Waals surface area contributed by atoms with Crippen LogP contribution in [0.25, 0.3) is 0 Å². The van der Waals surface area contributed by atoms with E-state index in [1.54, 1.807) is 19.9 Å². The van der Waals surface area contributed by atoms with Gasteiger partial charge in [-0.1, -0.05) is 15.9 Å². The van der Waals surface area contributed by atoms with Crippen LogP contribution < -0.4 is 10.5 Å². The van der Waals surface area contributed by atoms with Crippen molar-refractivity contribution >= 4 is 31.6 Å². The molecule has 18 heavy (non-hydrogen) atoms. The molecule has 0 bridgehead atoms. The highest BCUT2D eigenvalue weighted by Gasteiger charge is 2.20. The van der Waals surface area contributed by atoms with E-state index in [9.17, 15) is 8.42 Å². The summed E-state index contributed by atoms with van der Waals surface area (Å²) in [5, 5.41) is 0. The highest BCUT2D eigenvalue weighted by Crippen LogP contribution is 2.26. The normalized spacial score (nSPS) is 13.0. The lowest BCUT2D eigenvalue weighted by Gasteiger charge is -2.14. The lowest BCUT2D eigenvalue weighted by atomic mass is 10.2. The number of terminal acetylenes is 1. The zero-order chi connectivity index (χ0) is 13.9. The lowest BCUT2D eigenvalue weighted by molar-refractivity contribution is 0.563. The van der Waals surface area contributed by atoms with Crippen LogP contribution in [0.3, 0.4) is 0 Å². The van der Waals surface area contributed by atoms with Crippen LogP contribution in [-0.4, -0.2) is 14.5 Å². The summed E-state index contributed by atoms with van der Waals surface area (Å²) >= 11 is 3.23. The van der Waals surface area contributed by atoms with E-state index in [0.29, 0.717) is 22.1 Å². The van der Waals surface area contributed by atoms with Gasteiger partial charge >= 0.3 is 0 Å². The molecule has 0 aromatic heterocycles. The third-order valence-corrected chi connectivity index (χ3v) is 4.61. The molecule has 1 atom stereocenters. The van der Waals surface area contributed by atoms with Gasteiger partial charge < -0.3 is 5.73 Å². The monoisotopic (exact) mass is 330 g/mol. The van der Waals surface area contributed by atoms with Gasteiger partial charge in [0.15, 0.2) is 0 Å². The fourth-order valence-corrected chi connectivity index (χ4v) is 3.67. The van der Waals surface area contributed by atoms with Gasteiger partial charge in [0.25, 0.3) is 0 Å². The predicted molar refractivity (Wildman–Crippen MR) is 76.5 cm³/mol. The molecule has 0 saturated carbocycles. The Labute approximate surface area is 116 Å². The topological polar surface area (TPSA) is 72.2 Å². The Morgan fingerprint density at radius 2 is 2.17 bits per heavy atom. The first-order valence-corrected chi connectivity index (χ1v) is 7.57. The van der Waals surface area contributed by atoms with Crippen molar-refractivity contribution in [3.8, 4) is 12.3 Å². The third kappa shape index (κ3) is 3.48. The highest BCUT2D eigenvalue weighted by atomic mass is 79.9. The molecule has 1 unspecified atom stereocenters. The maximum Gasteiger partial charge on any atom is 0.241 e. The molecular formula is C12H15BrN2O2S. The first kappa shape index (κ1) is 15.0. The van der Waals surface area contributed by atoms with Crippen LogP contribution in [0.4, 0.5) is 5.69 Å². The SMILES string of the molecule is C#CCC(C)NS(=O)(=O)c1cc(Br)cc(N)c1C. The Morgan fingerprint density at radius 3 is 2.72 bits per heavy atom. The predicted octanol–water partition coefficient (Wildman–Crippen LogP) is 2.03.